The Labute approximate surface area is 191 Å². The number of carbonyl (C=O) groups is 3. The van der Waals surface area contributed by atoms with E-state index < -0.39 is 0 Å². The average Bonchev–Trinajstić information content (AvgIpc) is 3.32. The van der Waals surface area contributed by atoms with Crippen molar-refractivity contribution in [3.8, 4) is 0 Å². The predicted octanol–water partition coefficient (Wildman–Crippen LogP) is 3.33. The van der Waals surface area contributed by atoms with E-state index in [-0.39, 0.29) is 36.7 Å². The monoisotopic (exact) mass is 450 g/mol. The first-order chi connectivity index (χ1) is 15.5. The lowest BCUT2D eigenvalue weighted by atomic mass is 10.0. The van der Waals surface area contributed by atoms with Gasteiger partial charge in [-0.1, -0.05) is 29.8 Å². The molecule has 4 rings (SSSR count). The largest absolute Gasteiger partial charge is 0.353 e. The molecule has 0 radical (unpaired) electrons. The third kappa shape index (κ3) is 5.18. The topological polar surface area (TPSA) is 83.4 Å². The zero-order valence-electron chi connectivity index (χ0n) is 17.3. The Morgan fingerprint density at radius 2 is 1.81 bits per heavy atom. The summed E-state index contributed by atoms with van der Waals surface area (Å²) in [5.74, 6) is -0.588. The third-order valence-electron chi connectivity index (χ3n) is 5.34. The SMILES string of the molecule is O=C1CN(C(=O)c2cccc(NC(=O)C[C@H](c3ccc(Cl)cc3)n3cccc3)c2)CCN1. The van der Waals surface area contributed by atoms with Crippen molar-refractivity contribution in [2.24, 2.45) is 0 Å². The number of nitrogens with one attached hydrogen (secondary N) is 2. The smallest absolute Gasteiger partial charge is 0.254 e. The number of piperazine rings is 1. The number of halogens is 1. The van der Waals surface area contributed by atoms with E-state index in [4.69, 9.17) is 11.6 Å². The van der Waals surface area contributed by atoms with Crippen LogP contribution in [0.5, 0.6) is 0 Å². The maximum absolute atomic E-state index is 12.9. The summed E-state index contributed by atoms with van der Waals surface area (Å²) in [7, 11) is 0. The first-order valence-corrected chi connectivity index (χ1v) is 10.7. The van der Waals surface area contributed by atoms with Gasteiger partial charge >= 0.3 is 0 Å². The molecule has 1 saturated heterocycles. The summed E-state index contributed by atoms with van der Waals surface area (Å²) >= 11 is 6.02. The Kier molecular flexibility index (Phi) is 6.56. The minimum Gasteiger partial charge on any atom is -0.353 e. The zero-order valence-corrected chi connectivity index (χ0v) is 18.1. The summed E-state index contributed by atoms with van der Waals surface area (Å²) in [6.07, 6.45) is 4.04. The Balaban J connectivity index is 1.47. The molecule has 0 saturated carbocycles. The molecule has 0 bridgehead atoms. The molecule has 2 N–H and O–H groups in total. The minimum atomic E-state index is -0.234. The van der Waals surface area contributed by atoms with Crippen LogP contribution in [0.2, 0.25) is 5.02 Å². The molecule has 164 valence electrons. The molecule has 0 spiro atoms. The van der Waals surface area contributed by atoms with E-state index in [1.165, 1.54) is 4.90 Å². The fourth-order valence-electron chi connectivity index (χ4n) is 3.75. The van der Waals surface area contributed by atoms with Crippen LogP contribution in [0, 0.1) is 0 Å². The standard InChI is InChI=1S/C24H23ClN4O3/c25-19-8-6-17(7-9-19)21(28-11-1-2-12-28)15-22(30)27-20-5-3-4-18(14-20)24(32)29-13-10-26-23(31)16-29/h1-9,11-12,14,21H,10,13,15-16H2,(H,26,31)(H,27,30)/t21-/m1/s1. The number of hydrogen-bond acceptors (Lipinski definition) is 3. The van der Waals surface area contributed by atoms with Gasteiger partial charge in [0.1, 0.15) is 0 Å². The molecule has 2 aromatic carbocycles. The van der Waals surface area contributed by atoms with E-state index in [9.17, 15) is 14.4 Å². The van der Waals surface area contributed by atoms with Gasteiger partial charge in [-0.3, -0.25) is 14.4 Å². The van der Waals surface area contributed by atoms with Crippen molar-refractivity contribution in [1.82, 2.24) is 14.8 Å². The Morgan fingerprint density at radius 1 is 1.06 bits per heavy atom. The van der Waals surface area contributed by atoms with E-state index in [0.29, 0.717) is 29.4 Å². The Morgan fingerprint density at radius 3 is 2.53 bits per heavy atom. The second-order valence-corrected chi connectivity index (χ2v) is 8.04. The Bertz CT molecular complexity index is 1110. The van der Waals surface area contributed by atoms with Crippen LogP contribution in [-0.2, 0) is 9.59 Å². The molecule has 1 fully saturated rings. The van der Waals surface area contributed by atoms with Crippen molar-refractivity contribution < 1.29 is 14.4 Å². The van der Waals surface area contributed by atoms with Gasteiger partial charge in [-0.15, -0.1) is 0 Å². The highest BCUT2D eigenvalue weighted by Gasteiger charge is 2.23. The van der Waals surface area contributed by atoms with Gasteiger partial charge in [0, 0.05) is 41.8 Å². The van der Waals surface area contributed by atoms with Gasteiger partial charge in [0.05, 0.1) is 19.0 Å². The van der Waals surface area contributed by atoms with Crippen molar-refractivity contribution in [2.45, 2.75) is 12.5 Å². The second-order valence-electron chi connectivity index (χ2n) is 7.61. The maximum Gasteiger partial charge on any atom is 0.254 e. The van der Waals surface area contributed by atoms with Crippen LogP contribution >= 0.6 is 11.6 Å². The molecule has 0 aliphatic carbocycles. The molecule has 8 heteroatoms. The normalized spacial score (nSPS) is 14.5. The number of hydrogen-bond donors (Lipinski definition) is 2. The first-order valence-electron chi connectivity index (χ1n) is 10.3. The molecule has 1 aromatic heterocycles. The third-order valence-corrected chi connectivity index (χ3v) is 5.59. The van der Waals surface area contributed by atoms with Crippen LogP contribution in [-0.4, -0.2) is 46.8 Å². The molecule has 32 heavy (non-hydrogen) atoms. The van der Waals surface area contributed by atoms with Crippen molar-refractivity contribution in [3.05, 3.63) is 89.2 Å². The van der Waals surface area contributed by atoms with Gasteiger partial charge in [-0.25, -0.2) is 0 Å². The molecule has 3 aromatic rings. The summed E-state index contributed by atoms with van der Waals surface area (Å²) in [6, 6.07) is 17.8. The quantitative estimate of drug-likeness (QED) is 0.604. The fourth-order valence-corrected chi connectivity index (χ4v) is 3.87. The summed E-state index contributed by atoms with van der Waals surface area (Å²) in [4.78, 5) is 38.7. The molecule has 2 heterocycles. The number of anilines is 1. The minimum absolute atomic E-state index is 0.0368. The van der Waals surface area contributed by atoms with E-state index in [2.05, 4.69) is 10.6 Å². The summed E-state index contributed by atoms with van der Waals surface area (Å²) < 4.78 is 1.98. The molecular weight excluding hydrogens is 428 g/mol. The van der Waals surface area contributed by atoms with Crippen LogP contribution in [0.4, 0.5) is 5.69 Å². The molecular formula is C24H23ClN4O3. The lowest BCUT2D eigenvalue weighted by molar-refractivity contribution is -0.123. The van der Waals surface area contributed by atoms with Gasteiger partial charge in [-0.2, -0.15) is 0 Å². The molecule has 3 amide bonds. The van der Waals surface area contributed by atoms with E-state index in [1.807, 2.05) is 41.2 Å². The highest BCUT2D eigenvalue weighted by molar-refractivity contribution is 6.30. The van der Waals surface area contributed by atoms with Crippen LogP contribution in [0.3, 0.4) is 0 Å². The Hall–Kier alpha value is -3.58. The number of nitrogens with zero attached hydrogens (tertiary/aromatic N) is 2. The summed E-state index contributed by atoms with van der Waals surface area (Å²) in [5.41, 5.74) is 1.93. The van der Waals surface area contributed by atoms with E-state index >= 15 is 0 Å². The van der Waals surface area contributed by atoms with Crippen LogP contribution in [0.1, 0.15) is 28.4 Å². The number of aromatic nitrogens is 1. The summed E-state index contributed by atoms with van der Waals surface area (Å²) in [6.45, 7) is 0.933. The molecule has 1 atom stereocenters. The number of rotatable bonds is 6. The van der Waals surface area contributed by atoms with Crippen molar-refractivity contribution in [2.75, 3.05) is 25.0 Å². The van der Waals surface area contributed by atoms with Crippen molar-refractivity contribution in [1.29, 1.82) is 0 Å². The molecule has 1 aliphatic heterocycles. The molecule has 0 unspecified atom stereocenters. The maximum atomic E-state index is 12.9. The number of amides is 3. The van der Waals surface area contributed by atoms with Crippen LogP contribution in [0.15, 0.2) is 73.1 Å². The van der Waals surface area contributed by atoms with Gasteiger partial charge in [-0.05, 0) is 48.0 Å². The lowest BCUT2D eigenvalue weighted by Crippen LogP contribution is -2.49. The van der Waals surface area contributed by atoms with E-state index in [1.54, 1.807) is 36.4 Å². The van der Waals surface area contributed by atoms with Gasteiger partial charge in [0.25, 0.3) is 5.91 Å². The summed E-state index contributed by atoms with van der Waals surface area (Å²) in [5, 5.41) is 6.23. The van der Waals surface area contributed by atoms with Gasteiger partial charge in [0.2, 0.25) is 11.8 Å². The van der Waals surface area contributed by atoms with E-state index in [0.717, 1.165) is 5.56 Å². The van der Waals surface area contributed by atoms with Crippen LogP contribution in [0.25, 0.3) is 0 Å². The van der Waals surface area contributed by atoms with Crippen molar-refractivity contribution >= 4 is 35.0 Å². The first kappa shape index (κ1) is 21.6. The zero-order chi connectivity index (χ0) is 22.5. The lowest BCUT2D eigenvalue weighted by Gasteiger charge is -2.26. The van der Waals surface area contributed by atoms with Crippen molar-refractivity contribution in [3.63, 3.8) is 0 Å². The average molecular weight is 451 g/mol. The number of benzene rings is 2. The predicted molar refractivity (Wildman–Crippen MR) is 123 cm³/mol. The van der Waals surface area contributed by atoms with Gasteiger partial charge in [0.15, 0.2) is 0 Å². The molecule has 7 nitrogen and oxygen atoms in total. The second kappa shape index (κ2) is 9.70. The highest BCUT2D eigenvalue weighted by Crippen LogP contribution is 2.25. The van der Waals surface area contributed by atoms with Crippen LogP contribution < -0.4 is 10.6 Å². The molecule has 1 aliphatic rings. The van der Waals surface area contributed by atoms with Gasteiger partial charge < -0.3 is 20.1 Å². The fraction of sp³-hybridized carbons (Fsp3) is 0.208. The number of carbonyl (C=O) groups excluding carboxylic acids is 3. The highest BCUT2D eigenvalue weighted by atomic mass is 35.5.